The zero-order valence-electron chi connectivity index (χ0n) is 6.99. The molecule has 12 heavy (non-hydrogen) atoms. The Morgan fingerprint density at radius 2 is 2.17 bits per heavy atom. The maximum Gasteiger partial charge on any atom is 0.0573 e. The fourth-order valence-corrected chi connectivity index (χ4v) is 2.51. The predicted molar refractivity (Wildman–Crippen MR) is 54.4 cm³/mol. The number of nitrogens with one attached hydrogen (secondary N) is 1. The summed E-state index contributed by atoms with van der Waals surface area (Å²) in [5.41, 5.74) is 1.43. The molecule has 1 atom stereocenters. The van der Waals surface area contributed by atoms with E-state index >= 15 is 0 Å². The SMILES string of the molecule is c1ccc(CC2NCCS2)cc1. The summed E-state index contributed by atoms with van der Waals surface area (Å²) < 4.78 is 0. The van der Waals surface area contributed by atoms with Gasteiger partial charge in [0.15, 0.2) is 0 Å². The van der Waals surface area contributed by atoms with Gasteiger partial charge in [-0.3, -0.25) is 0 Å². The minimum Gasteiger partial charge on any atom is -0.304 e. The molecular formula is C10H13NS. The average Bonchev–Trinajstić information content (AvgIpc) is 2.59. The number of rotatable bonds is 2. The summed E-state index contributed by atoms with van der Waals surface area (Å²) >= 11 is 2.03. The summed E-state index contributed by atoms with van der Waals surface area (Å²) in [6.07, 6.45) is 1.16. The maximum atomic E-state index is 3.47. The molecule has 0 saturated carbocycles. The summed E-state index contributed by atoms with van der Waals surface area (Å²) in [4.78, 5) is 0. The predicted octanol–water partition coefficient (Wildman–Crippen LogP) is 1.89. The van der Waals surface area contributed by atoms with E-state index in [0.717, 1.165) is 6.42 Å². The van der Waals surface area contributed by atoms with Gasteiger partial charge in [-0.25, -0.2) is 0 Å². The summed E-state index contributed by atoms with van der Waals surface area (Å²) in [6.45, 7) is 1.17. The first-order valence-corrected chi connectivity index (χ1v) is 5.39. The molecule has 64 valence electrons. The van der Waals surface area contributed by atoms with Crippen LogP contribution in [0.15, 0.2) is 30.3 Å². The summed E-state index contributed by atoms with van der Waals surface area (Å²) in [6, 6.07) is 10.7. The number of hydrogen-bond acceptors (Lipinski definition) is 2. The van der Waals surface area contributed by atoms with Crippen LogP contribution in [-0.2, 0) is 6.42 Å². The van der Waals surface area contributed by atoms with Crippen LogP contribution in [0.25, 0.3) is 0 Å². The first kappa shape index (κ1) is 8.14. The molecule has 1 aromatic rings. The van der Waals surface area contributed by atoms with Gasteiger partial charge in [0, 0.05) is 12.3 Å². The summed E-state index contributed by atoms with van der Waals surface area (Å²) in [5.74, 6) is 1.26. The molecule has 0 amide bonds. The lowest BCUT2D eigenvalue weighted by Crippen LogP contribution is -2.21. The van der Waals surface area contributed by atoms with E-state index in [2.05, 4.69) is 35.6 Å². The van der Waals surface area contributed by atoms with Gasteiger partial charge in [-0.05, 0) is 12.0 Å². The zero-order valence-corrected chi connectivity index (χ0v) is 7.81. The van der Waals surface area contributed by atoms with Crippen LogP contribution in [0.5, 0.6) is 0 Å². The Labute approximate surface area is 77.6 Å². The van der Waals surface area contributed by atoms with E-state index in [-0.39, 0.29) is 0 Å². The van der Waals surface area contributed by atoms with Crippen molar-refractivity contribution in [3.05, 3.63) is 35.9 Å². The molecule has 1 aromatic carbocycles. The highest BCUT2D eigenvalue weighted by Crippen LogP contribution is 2.17. The lowest BCUT2D eigenvalue weighted by Gasteiger charge is -2.08. The number of thioether (sulfide) groups is 1. The average molecular weight is 179 g/mol. The van der Waals surface area contributed by atoms with Crippen LogP contribution in [0.2, 0.25) is 0 Å². The third-order valence-electron chi connectivity index (χ3n) is 2.06. The Morgan fingerprint density at radius 1 is 1.33 bits per heavy atom. The van der Waals surface area contributed by atoms with E-state index in [1.165, 1.54) is 17.9 Å². The van der Waals surface area contributed by atoms with Gasteiger partial charge in [-0.2, -0.15) is 0 Å². The van der Waals surface area contributed by atoms with Crippen molar-refractivity contribution in [3.63, 3.8) is 0 Å². The van der Waals surface area contributed by atoms with E-state index < -0.39 is 0 Å². The van der Waals surface area contributed by atoms with Crippen molar-refractivity contribution in [2.75, 3.05) is 12.3 Å². The molecule has 1 N–H and O–H groups in total. The van der Waals surface area contributed by atoms with Gasteiger partial charge in [0.05, 0.1) is 5.37 Å². The molecule has 0 aromatic heterocycles. The van der Waals surface area contributed by atoms with Gasteiger partial charge >= 0.3 is 0 Å². The fourth-order valence-electron chi connectivity index (χ4n) is 1.44. The second-order valence-electron chi connectivity index (χ2n) is 3.00. The molecule has 0 aliphatic carbocycles. The Bertz CT molecular complexity index is 229. The molecule has 1 aliphatic rings. The van der Waals surface area contributed by atoms with Gasteiger partial charge in [-0.1, -0.05) is 30.3 Å². The zero-order chi connectivity index (χ0) is 8.23. The molecule has 0 bridgehead atoms. The van der Waals surface area contributed by atoms with Crippen LogP contribution in [0.4, 0.5) is 0 Å². The first-order valence-electron chi connectivity index (χ1n) is 4.34. The Kier molecular flexibility index (Phi) is 2.69. The highest BCUT2D eigenvalue weighted by Gasteiger charge is 2.13. The van der Waals surface area contributed by atoms with Crippen LogP contribution >= 0.6 is 11.8 Å². The van der Waals surface area contributed by atoms with E-state index in [9.17, 15) is 0 Å². The van der Waals surface area contributed by atoms with Crippen molar-refractivity contribution < 1.29 is 0 Å². The topological polar surface area (TPSA) is 12.0 Å². The minimum absolute atomic E-state index is 0.646. The highest BCUT2D eigenvalue weighted by molar-refractivity contribution is 8.00. The summed E-state index contributed by atoms with van der Waals surface area (Å²) in [7, 11) is 0. The van der Waals surface area contributed by atoms with Crippen molar-refractivity contribution in [1.29, 1.82) is 0 Å². The van der Waals surface area contributed by atoms with Crippen molar-refractivity contribution in [3.8, 4) is 0 Å². The normalized spacial score (nSPS) is 22.8. The van der Waals surface area contributed by atoms with Crippen molar-refractivity contribution >= 4 is 11.8 Å². The largest absolute Gasteiger partial charge is 0.304 e. The van der Waals surface area contributed by atoms with Crippen molar-refractivity contribution in [2.24, 2.45) is 0 Å². The van der Waals surface area contributed by atoms with E-state index in [1.807, 2.05) is 11.8 Å². The van der Waals surface area contributed by atoms with Crippen LogP contribution < -0.4 is 5.32 Å². The molecule has 2 heteroatoms. The molecule has 1 saturated heterocycles. The first-order chi connectivity index (χ1) is 5.95. The molecule has 1 aliphatic heterocycles. The monoisotopic (exact) mass is 179 g/mol. The van der Waals surface area contributed by atoms with Crippen LogP contribution in [0.3, 0.4) is 0 Å². The van der Waals surface area contributed by atoms with Crippen LogP contribution in [0, 0.1) is 0 Å². The highest BCUT2D eigenvalue weighted by atomic mass is 32.2. The quantitative estimate of drug-likeness (QED) is 0.744. The van der Waals surface area contributed by atoms with Gasteiger partial charge < -0.3 is 5.32 Å². The second kappa shape index (κ2) is 3.97. The molecule has 0 spiro atoms. The second-order valence-corrected chi connectivity index (χ2v) is 4.31. The molecule has 0 radical (unpaired) electrons. The van der Waals surface area contributed by atoms with Gasteiger partial charge in [-0.15, -0.1) is 11.8 Å². The Morgan fingerprint density at radius 3 is 2.83 bits per heavy atom. The third-order valence-corrected chi connectivity index (χ3v) is 3.23. The van der Waals surface area contributed by atoms with Gasteiger partial charge in [0.2, 0.25) is 0 Å². The molecule has 1 heterocycles. The van der Waals surface area contributed by atoms with E-state index in [4.69, 9.17) is 0 Å². The lowest BCUT2D eigenvalue weighted by atomic mass is 10.1. The smallest absolute Gasteiger partial charge is 0.0573 e. The molecule has 1 nitrogen and oxygen atoms in total. The van der Waals surface area contributed by atoms with Crippen molar-refractivity contribution in [2.45, 2.75) is 11.8 Å². The Hall–Kier alpha value is -0.470. The maximum absolute atomic E-state index is 3.47. The van der Waals surface area contributed by atoms with Gasteiger partial charge in [0.25, 0.3) is 0 Å². The molecule has 2 rings (SSSR count). The minimum atomic E-state index is 0.646. The van der Waals surface area contributed by atoms with Crippen LogP contribution in [0.1, 0.15) is 5.56 Å². The standard InChI is InChI=1S/C10H13NS/c1-2-4-9(5-3-1)8-10-11-6-7-12-10/h1-5,10-11H,6-8H2. The molecule has 1 fully saturated rings. The number of hydrogen-bond donors (Lipinski definition) is 1. The van der Waals surface area contributed by atoms with Gasteiger partial charge in [0.1, 0.15) is 0 Å². The summed E-state index contributed by atoms with van der Waals surface area (Å²) in [5, 5.41) is 4.11. The Balaban J connectivity index is 1.94. The molecule has 1 unspecified atom stereocenters. The lowest BCUT2D eigenvalue weighted by molar-refractivity contribution is 0.707. The van der Waals surface area contributed by atoms with E-state index in [0.29, 0.717) is 5.37 Å². The third kappa shape index (κ3) is 2.02. The fraction of sp³-hybridized carbons (Fsp3) is 0.400. The van der Waals surface area contributed by atoms with Crippen molar-refractivity contribution in [1.82, 2.24) is 5.32 Å². The van der Waals surface area contributed by atoms with Crippen LogP contribution in [-0.4, -0.2) is 17.7 Å². The van der Waals surface area contributed by atoms with E-state index in [1.54, 1.807) is 0 Å². The number of benzene rings is 1. The molecular weight excluding hydrogens is 166 g/mol.